The van der Waals surface area contributed by atoms with E-state index in [-0.39, 0.29) is 5.75 Å². The first-order chi connectivity index (χ1) is 13.1. The van der Waals surface area contributed by atoms with Gasteiger partial charge in [0, 0.05) is 55.1 Å². The highest BCUT2D eigenvalue weighted by molar-refractivity contribution is 5.96. The summed E-state index contributed by atoms with van der Waals surface area (Å²) in [6.45, 7) is 5.24. The van der Waals surface area contributed by atoms with E-state index >= 15 is 0 Å². The lowest BCUT2D eigenvalue weighted by atomic mass is 10.1. The molecular formula is C20H21N3O4. The molecule has 0 saturated carbocycles. The number of pyridine rings is 1. The van der Waals surface area contributed by atoms with E-state index in [1.54, 1.807) is 12.4 Å². The lowest BCUT2D eigenvalue weighted by Gasteiger charge is -2.30. The Morgan fingerprint density at radius 2 is 2.11 bits per heavy atom. The molecule has 3 heterocycles. The molecule has 0 spiro atoms. The molecule has 3 aromatic rings. The molecule has 2 N–H and O–H groups in total. The number of nitrogens with one attached hydrogen (secondary N) is 1. The van der Waals surface area contributed by atoms with Crippen molar-refractivity contribution in [2.75, 3.05) is 31.1 Å². The highest BCUT2D eigenvalue weighted by Crippen LogP contribution is 2.37. The fourth-order valence-electron chi connectivity index (χ4n) is 3.37. The zero-order chi connectivity index (χ0) is 18.8. The van der Waals surface area contributed by atoms with E-state index in [0.717, 1.165) is 24.2 Å². The number of aromatic nitrogens is 1. The van der Waals surface area contributed by atoms with Crippen LogP contribution in [0.25, 0.3) is 11.0 Å². The standard InChI is InChI=1S/C20H21N3O4/c1-13-16(26-12-14-3-2-6-22-11-14)5-4-15-17(23-9-7-21-8-10-23)18(24)20(25)27-19(13)15/h2-6,11,21,24H,7-10,12H2,1H3. The van der Waals surface area contributed by atoms with Crippen LogP contribution in [0.5, 0.6) is 11.5 Å². The molecule has 4 rings (SSSR count). The monoisotopic (exact) mass is 367 g/mol. The normalized spacial score (nSPS) is 14.5. The van der Waals surface area contributed by atoms with Crippen molar-refractivity contribution in [3.05, 3.63) is 58.2 Å². The van der Waals surface area contributed by atoms with Crippen molar-refractivity contribution in [1.82, 2.24) is 10.3 Å². The van der Waals surface area contributed by atoms with Crippen molar-refractivity contribution >= 4 is 16.7 Å². The van der Waals surface area contributed by atoms with Gasteiger partial charge in [-0.2, -0.15) is 0 Å². The molecule has 0 atom stereocenters. The number of aromatic hydroxyl groups is 1. The van der Waals surface area contributed by atoms with Crippen molar-refractivity contribution in [3.63, 3.8) is 0 Å². The van der Waals surface area contributed by atoms with Gasteiger partial charge < -0.3 is 24.5 Å². The topological polar surface area (TPSA) is 87.8 Å². The minimum atomic E-state index is -0.733. The second kappa shape index (κ2) is 7.28. The third-order valence-electron chi connectivity index (χ3n) is 4.77. The number of fused-ring (bicyclic) bond motifs is 1. The lowest BCUT2D eigenvalue weighted by Crippen LogP contribution is -2.43. The van der Waals surface area contributed by atoms with Gasteiger partial charge in [-0.15, -0.1) is 0 Å². The molecule has 0 bridgehead atoms. The summed E-state index contributed by atoms with van der Waals surface area (Å²) in [5.74, 6) is 0.291. The molecule has 1 aliphatic rings. The summed E-state index contributed by atoms with van der Waals surface area (Å²) >= 11 is 0. The van der Waals surface area contributed by atoms with E-state index < -0.39 is 5.63 Å². The van der Waals surface area contributed by atoms with Crippen LogP contribution in [0.2, 0.25) is 0 Å². The van der Waals surface area contributed by atoms with Gasteiger partial charge in [0.1, 0.15) is 17.9 Å². The molecule has 2 aromatic heterocycles. The van der Waals surface area contributed by atoms with Crippen molar-refractivity contribution in [3.8, 4) is 11.5 Å². The summed E-state index contributed by atoms with van der Waals surface area (Å²) in [7, 11) is 0. The van der Waals surface area contributed by atoms with E-state index in [1.807, 2.05) is 36.1 Å². The molecule has 140 valence electrons. The Hall–Kier alpha value is -3.06. The molecule has 27 heavy (non-hydrogen) atoms. The predicted octanol–water partition coefficient (Wildman–Crippen LogP) is 2.19. The molecule has 7 heteroatoms. The van der Waals surface area contributed by atoms with Crippen molar-refractivity contribution in [2.24, 2.45) is 0 Å². The van der Waals surface area contributed by atoms with Gasteiger partial charge >= 0.3 is 5.63 Å². The molecular weight excluding hydrogens is 346 g/mol. The molecule has 0 aliphatic carbocycles. The molecule has 0 radical (unpaired) electrons. The molecule has 1 fully saturated rings. The second-order valence-electron chi connectivity index (χ2n) is 6.54. The molecule has 0 amide bonds. The second-order valence-corrected chi connectivity index (χ2v) is 6.54. The molecule has 0 unspecified atom stereocenters. The zero-order valence-corrected chi connectivity index (χ0v) is 15.1. The Labute approximate surface area is 156 Å². The van der Waals surface area contributed by atoms with Crippen LogP contribution < -0.4 is 20.6 Å². The smallest absolute Gasteiger partial charge is 0.381 e. The van der Waals surface area contributed by atoms with Crippen LogP contribution in [0.3, 0.4) is 0 Å². The Bertz CT molecular complexity index is 1010. The lowest BCUT2D eigenvalue weighted by molar-refractivity contribution is 0.303. The van der Waals surface area contributed by atoms with Crippen LogP contribution in [-0.4, -0.2) is 36.3 Å². The van der Waals surface area contributed by atoms with E-state index in [1.165, 1.54) is 0 Å². The Morgan fingerprint density at radius 3 is 2.85 bits per heavy atom. The number of aryl methyl sites for hydroxylation is 1. The van der Waals surface area contributed by atoms with Gasteiger partial charge in [-0.3, -0.25) is 4.98 Å². The third-order valence-corrected chi connectivity index (χ3v) is 4.77. The van der Waals surface area contributed by atoms with E-state index in [9.17, 15) is 9.90 Å². The highest BCUT2D eigenvalue weighted by atomic mass is 16.5. The number of anilines is 1. The maximum absolute atomic E-state index is 12.2. The number of ether oxygens (including phenoxy) is 1. The van der Waals surface area contributed by atoms with Gasteiger partial charge in [0.05, 0.1) is 5.69 Å². The summed E-state index contributed by atoms with van der Waals surface area (Å²) in [5, 5.41) is 14.3. The fraction of sp³-hybridized carbons (Fsp3) is 0.300. The Morgan fingerprint density at radius 1 is 1.30 bits per heavy atom. The van der Waals surface area contributed by atoms with Gasteiger partial charge in [0.25, 0.3) is 0 Å². The minimum absolute atomic E-state index is 0.340. The van der Waals surface area contributed by atoms with Crippen LogP contribution in [0, 0.1) is 6.92 Å². The van der Waals surface area contributed by atoms with E-state index in [0.29, 0.717) is 42.1 Å². The third kappa shape index (κ3) is 3.33. The molecule has 1 saturated heterocycles. The molecule has 1 aromatic carbocycles. The minimum Gasteiger partial charge on any atom is -0.500 e. The first kappa shape index (κ1) is 17.4. The number of nitrogens with zero attached hydrogens (tertiary/aromatic N) is 2. The van der Waals surface area contributed by atoms with Crippen LogP contribution in [-0.2, 0) is 6.61 Å². The largest absolute Gasteiger partial charge is 0.500 e. The van der Waals surface area contributed by atoms with Crippen LogP contribution in [0.1, 0.15) is 11.1 Å². The fourth-order valence-corrected chi connectivity index (χ4v) is 3.37. The van der Waals surface area contributed by atoms with Crippen LogP contribution >= 0.6 is 0 Å². The maximum atomic E-state index is 12.2. The van der Waals surface area contributed by atoms with Crippen molar-refractivity contribution < 1.29 is 14.3 Å². The summed E-state index contributed by atoms with van der Waals surface area (Å²) in [5.41, 5.74) is 1.92. The van der Waals surface area contributed by atoms with Gasteiger partial charge in [-0.1, -0.05) is 6.07 Å². The summed E-state index contributed by atoms with van der Waals surface area (Å²) < 4.78 is 11.3. The molecule has 1 aliphatic heterocycles. The Balaban J connectivity index is 1.74. The number of piperazine rings is 1. The van der Waals surface area contributed by atoms with Gasteiger partial charge in [0.15, 0.2) is 0 Å². The zero-order valence-electron chi connectivity index (χ0n) is 15.1. The van der Waals surface area contributed by atoms with Crippen molar-refractivity contribution in [1.29, 1.82) is 0 Å². The van der Waals surface area contributed by atoms with Crippen molar-refractivity contribution in [2.45, 2.75) is 13.5 Å². The number of rotatable bonds is 4. The summed E-state index contributed by atoms with van der Waals surface area (Å²) in [6.07, 6.45) is 3.46. The average molecular weight is 367 g/mol. The molecule has 7 nitrogen and oxygen atoms in total. The highest BCUT2D eigenvalue weighted by Gasteiger charge is 2.23. The van der Waals surface area contributed by atoms with Gasteiger partial charge in [-0.25, -0.2) is 4.79 Å². The number of hydrogen-bond donors (Lipinski definition) is 2. The van der Waals surface area contributed by atoms with E-state index in [2.05, 4.69) is 10.3 Å². The first-order valence-corrected chi connectivity index (χ1v) is 8.92. The SMILES string of the molecule is Cc1c(OCc2cccnc2)ccc2c(N3CCNCC3)c(O)c(=O)oc12. The first-order valence-electron chi connectivity index (χ1n) is 8.92. The Kier molecular flexibility index (Phi) is 4.68. The van der Waals surface area contributed by atoms with Gasteiger partial charge in [-0.05, 0) is 25.1 Å². The maximum Gasteiger partial charge on any atom is 0.381 e. The van der Waals surface area contributed by atoms with Crippen LogP contribution in [0.4, 0.5) is 5.69 Å². The number of hydrogen-bond acceptors (Lipinski definition) is 7. The predicted molar refractivity (Wildman–Crippen MR) is 103 cm³/mol. The quantitative estimate of drug-likeness (QED) is 0.684. The van der Waals surface area contributed by atoms with Crippen LogP contribution in [0.15, 0.2) is 45.9 Å². The van der Waals surface area contributed by atoms with E-state index in [4.69, 9.17) is 9.15 Å². The van der Waals surface area contributed by atoms with Gasteiger partial charge in [0.2, 0.25) is 5.75 Å². The summed E-state index contributed by atoms with van der Waals surface area (Å²) in [6, 6.07) is 7.47. The average Bonchev–Trinajstić information content (AvgIpc) is 2.71. The number of benzene rings is 1. The summed E-state index contributed by atoms with van der Waals surface area (Å²) in [4.78, 5) is 18.3.